The van der Waals surface area contributed by atoms with E-state index in [9.17, 15) is 14.7 Å². The van der Waals surface area contributed by atoms with Gasteiger partial charge >= 0.3 is 6.09 Å². The van der Waals surface area contributed by atoms with Gasteiger partial charge in [-0.25, -0.2) is 9.78 Å². The first-order chi connectivity index (χ1) is 26.0. The number of aryl methyl sites for hydroxylation is 1. The van der Waals surface area contributed by atoms with Crippen molar-refractivity contribution < 1.29 is 24.2 Å². The van der Waals surface area contributed by atoms with Gasteiger partial charge in [0.25, 0.3) is 0 Å². The Balaban J connectivity index is 1.03. The number of nitrogens with zero attached hydrogens (tertiary/aromatic N) is 6. The van der Waals surface area contributed by atoms with Crippen molar-refractivity contribution in [2.45, 2.75) is 38.9 Å². The molecular formula is C41H42Cl2N6O5. The molecule has 3 fully saturated rings. The van der Waals surface area contributed by atoms with Gasteiger partial charge in [0.1, 0.15) is 11.4 Å². The van der Waals surface area contributed by atoms with Crippen LogP contribution in [0.4, 0.5) is 4.79 Å². The number of halogens is 2. The van der Waals surface area contributed by atoms with Crippen molar-refractivity contribution in [2.24, 2.45) is 12.5 Å². The van der Waals surface area contributed by atoms with Crippen LogP contribution in [0.15, 0.2) is 67.0 Å². The quantitative estimate of drug-likeness (QED) is 0.163. The van der Waals surface area contributed by atoms with Crippen LogP contribution in [0.25, 0.3) is 44.7 Å². The van der Waals surface area contributed by atoms with Crippen molar-refractivity contribution in [3.63, 3.8) is 0 Å². The van der Waals surface area contributed by atoms with Crippen LogP contribution in [0.3, 0.4) is 0 Å². The summed E-state index contributed by atoms with van der Waals surface area (Å²) < 4.78 is 13.2. The van der Waals surface area contributed by atoms with Crippen LogP contribution in [0.1, 0.15) is 30.9 Å². The Bertz CT molecular complexity index is 2260. The molecular weight excluding hydrogens is 727 g/mol. The third-order valence-electron chi connectivity index (χ3n) is 11.1. The number of hydrogen-bond acceptors (Lipinski definition) is 7. The Labute approximate surface area is 324 Å². The van der Waals surface area contributed by atoms with Crippen LogP contribution in [-0.4, -0.2) is 98.9 Å². The molecule has 8 rings (SSSR count). The van der Waals surface area contributed by atoms with E-state index in [1.165, 1.54) is 4.90 Å². The van der Waals surface area contributed by atoms with Gasteiger partial charge in [-0.1, -0.05) is 53.5 Å². The maximum absolute atomic E-state index is 12.3. The zero-order valence-corrected chi connectivity index (χ0v) is 32.0. The Morgan fingerprint density at radius 2 is 1.72 bits per heavy atom. The molecule has 3 aromatic heterocycles. The molecule has 1 N–H and O–H groups in total. The summed E-state index contributed by atoms with van der Waals surface area (Å²) in [4.78, 5) is 39.4. The first kappa shape index (κ1) is 36.3. The number of ether oxygens (including phenoxy) is 2. The van der Waals surface area contributed by atoms with Crippen molar-refractivity contribution >= 4 is 46.2 Å². The van der Waals surface area contributed by atoms with Crippen LogP contribution in [0.5, 0.6) is 5.75 Å². The van der Waals surface area contributed by atoms with Crippen molar-refractivity contribution in [1.29, 1.82) is 0 Å². The predicted octanol–water partition coefficient (Wildman–Crippen LogP) is 7.61. The Kier molecular flexibility index (Phi) is 9.76. The lowest BCUT2D eigenvalue weighted by atomic mass is 9.72. The molecule has 5 aromatic rings. The summed E-state index contributed by atoms with van der Waals surface area (Å²) in [6.07, 6.45) is 4.12. The molecule has 13 heteroatoms. The van der Waals surface area contributed by atoms with Gasteiger partial charge in [-0.05, 0) is 42.7 Å². The molecule has 2 amide bonds. The molecule has 0 aliphatic carbocycles. The van der Waals surface area contributed by atoms with Gasteiger partial charge in [-0.15, -0.1) is 0 Å². The topological polar surface area (TPSA) is 113 Å². The smallest absolute Gasteiger partial charge is 0.407 e. The number of aromatic nitrogens is 3. The van der Waals surface area contributed by atoms with Gasteiger partial charge in [-0.2, -0.15) is 0 Å². The summed E-state index contributed by atoms with van der Waals surface area (Å²) in [5.41, 5.74) is 7.32. The third-order valence-corrected chi connectivity index (χ3v) is 11.9. The minimum absolute atomic E-state index is 0.0831. The fraction of sp³-hybridized carbons (Fsp3) is 0.366. The van der Waals surface area contributed by atoms with Gasteiger partial charge in [0.05, 0.1) is 35.1 Å². The molecule has 0 bridgehead atoms. The van der Waals surface area contributed by atoms with Crippen LogP contribution in [0.2, 0.25) is 10.0 Å². The Morgan fingerprint density at radius 1 is 0.981 bits per heavy atom. The number of carboxylic acid groups (broad SMARTS) is 1. The van der Waals surface area contributed by atoms with E-state index in [0.717, 1.165) is 82.9 Å². The number of benzene rings is 2. The molecule has 0 saturated carbocycles. The number of carbonyl (C=O) groups is 2. The number of likely N-dealkylation sites (tertiary alicyclic amines) is 2. The number of pyridine rings is 2. The highest BCUT2D eigenvalue weighted by atomic mass is 35.5. The lowest BCUT2D eigenvalue weighted by molar-refractivity contribution is -0.157. The van der Waals surface area contributed by atoms with E-state index in [2.05, 4.69) is 16.0 Å². The lowest BCUT2D eigenvalue weighted by Gasteiger charge is -2.60. The van der Waals surface area contributed by atoms with E-state index in [1.807, 2.05) is 71.2 Å². The minimum Gasteiger partial charge on any atom is -0.496 e. The molecule has 11 nitrogen and oxygen atoms in total. The maximum atomic E-state index is 12.3. The van der Waals surface area contributed by atoms with Gasteiger partial charge in [0.2, 0.25) is 5.91 Å². The molecule has 6 heterocycles. The van der Waals surface area contributed by atoms with Crippen LogP contribution < -0.4 is 4.74 Å². The monoisotopic (exact) mass is 768 g/mol. The fourth-order valence-corrected chi connectivity index (χ4v) is 9.04. The number of rotatable bonds is 9. The van der Waals surface area contributed by atoms with E-state index in [1.54, 1.807) is 20.2 Å². The summed E-state index contributed by atoms with van der Waals surface area (Å²) in [7, 11) is 3.59. The Morgan fingerprint density at radius 3 is 2.44 bits per heavy atom. The first-order valence-electron chi connectivity index (χ1n) is 18.2. The van der Waals surface area contributed by atoms with E-state index < -0.39 is 6.09 Å². The van der Waals surface area contributed by atoms with Gasteiger partial charge in [-0.3, -0.25) is 14.7 Å². The van der Waals surface area contributed by atoms with Crippen LogP contribution in [-0.2, 0) is 29.7 Å². The van der Waals surface area contributed by atoms with E-state index in [-0.39, 0.29) is 23.9 Å². The van der Waals surface area contributed by atoms with E-state index >= 15 is 0 Å². The Hall–Kier alpha value is -4.68. The second kappa shape index (κ2) is 14.5. The van der Waals surface area contributed by atoms with Crippen molar-refractivity contribution in [3.05, 3.63) is 88.2 Å². The largest absolute Gasteiger partial charge is 0.496 e. The normalized spacial score (nSPS) is 17.0. The fourth-order valence-electron chi connectivity index (χ4n) is 8.40. The average Bonchev–Trinajstić information content (AvgIpc) is 3.45. The zero-order valence-electron chi connectivity index (χ0n) is 30.5. The number of fused-ring (bicyclic) bond motifs is 1. The van der Waals surface area contributed by atoms with E-state index in [4.69, 9.17) is 37.7 Å². The molecule has 0 unspecified atom stereocenters. The number of amides is 2. The first-order valence-corrected chi connectivity index (χ1v) is 18.9. The summed E-state index contributed by atoms with van der Waals surface area (Å²) in [5.74, 6) is 0.911. The lowest BCUT2D eigenvalue weighted by Crippen LogP contribution is -2.72. The molecule has 54 heavy (non-hydrogen) atoms. The highest BCUT2D eigenvalue weighted by Crippen LogP contribution is 2.44. The molecule has 1 spiro atoms. The molecule has 3 aliphatic heterocycles. The van der Waals surface area contributed by atoms with Gasteiger partial charge < -0.3 is 28.9 Å². The van der Waals surface area contributed by atoms with Crippen LogP contribution >= 0.6 is 23.2 Å². The van der Waals surface area contributed by atoms with E-state index in [0.29, 0.717) is 47.5 Å². The molecule has 280 valence electrons. The summed E-state index contributed by atoms with van der Waals surface area (Å²) in [6.45, 7) is 7.41. The standard InChI is InChI=1S/C41H42Cl2N6O5/c1-25(50)48-23-41(24-48)21-47(22-41)19-27-8-7-26(17-35(27)53-3)38-37(43)32(11-14-44-38)31-5-4-6-33(36(31)42)34-10-9-30-28(18-46(2)39(30)45-34)20-49(40(51)52)29-12-15-54-16-13-29/h4-11,14,17-18,29H,12-13,15-16,19-24H2,1-3H3,(H,51,52). The predicted molar refractivity (Wildman–Crippen MR) is 209 cm³/mol. The van der Waals surface area contributed by atoms with Crippen molar-refractivity contribution in [2.75, 3.05) is 46.5 Å². The summed E-state index contributed by atoms with van der Waals surface area (Å²) in [5, 5.41) is 11.9. The second-order valence-corrected chi connectivity index (χ2v) is 15.6. The number of methoxy groups -OCH3 is 1. The number of hydrogen-bond donors (Lipinski definition) is 1. The second-order valence-electron chi connectivity index (χ2n) is 14.8. The van der Waals surface area contributed by atoms with Crippen molar-refractivity contribution in [3.8, 4) is 39.4 Å². The zero-order chi connectivity index (χ0) is 37.7. The van der Waals surface area contributed by atoms with Gasteiger partial charge in [0, 0.05) is 117 Å². The van der Waals surface area contributed by atoms with Crippen molar-refractivity contribution in [1.82, 2.24) is 29.2 Å². The maximum Gasteiger partial charge on any atom is 0.407 e. The highest BCUT2D eigenvalue weighted by Gasteiger charge is 2.52. The third kappa shape index (κ3) is 6.68. The minimum atomic E-state index is -0.935. The molecule has 0 atom stereocenters. The summed E-state index contributed by atoms with van der Waals surface area (Å²) in [6, 6.07) is 17.6. The molecule has 3 aliphatic rings. The van der Waals surface area contributed by atoms with Gasteiger partial charge in [0.15, 0.2) is 0 Å². The molecule has 3 saturated heterocycles. The highest BCUT2D eigenvalue weighted by molar-refractivity contribution is 6.39. The summed E-state index contributed by atoms with van der Waals surface area (Å²) >= 11 is 14.3. The SMILES string of the molecule is COc1cc(-c2nccc(-c3cccc(-c4ccc5c(CN(C(=O)O)C6CCOCC6)cn(C)c5n4)c3Cl)c2Cl)ccc1CN1CC2(C1)CN(C(C)=O)C2. The molecule has 2 aromatic carbocycles. The van der Waals surface area contributed by atoms with Crippen LogP contribution in [0, 0.1) is 5.41 Å². The number of carbonyl (C=O) groups excluding carboxylic acids is 1. The molecule has 0 radical (unpaired) electrons. The average molecular weight is 770 g/mol.